The molecule has 3 rings (SSSR count). The van der Waals surface area contributed by atoms with Crippen molar-refractivity contribution < 1.29 is 9.53 Å². The molecule has 0 saturated heterocycles. The highest BCUT2D eigenvalue weighted by Crippen LogP contribution is 2.29. The van der Waals surface area contributed by atoms with E-state index in [9.17, 15) is 4.79 Å². The van der Waals surface area contributed by atoms with Crippen LogP contribution in [0.4, 0.5) is 5.82 Å². The third-order valence-electron chi connectivity index (χ3n) is 4.93. The molecule has 0 radical (unpaired) electrons. The number of ether oxygens (including phenoxy) is 1. The molecule has 148 valence electrons. The summed E-state index contributed by atoms with van der Waals surface area (Å²) in [5.41, 5.74) is 1.40. The summed E-state index contributed by atoms with van der Waals surface area (Å²) in [6, 6.07) is 7.42. The molecule has 0 aliphatic heterocycles. The van der Waals surface area contributed by atoms with Crippen LogP contribution < -0.4 is 10.6 Å². The van der Waals surface area contributed by atoms with E-state index in [2.05, 4.69) is 38.8 Å². The molecule has 1 aliphatic carbocycles. The number of aromatic nitrogens is 3. The Hall–Kier alpha value is -2.92. The number of carbonyl (C=O) groups is 1. The molecule has 8 heteroatoms. The van der Waals surface area contributed by atoms with Gasteiger partial charge in [0, 0.05) is 24.9 Å². The lowest BCUT2D eigenvalue weighted by Gasteiger charge is -2.36. The maximum absolute atomic E-state index is 12.6. The lowest BCUT2D eigenvalue weighted by atomic mass is 9.83. The number of hydrogen-bond donors (Lipinski definition) is 3. The SMILES string of the molecule is CCCO[C@@H]1CC[C@H](C(=O)NCc2ccn[nH]2)C[C@H]1Nc1ccc(C#N)cn1. The normalized spacial score (nSPS) is 21.6. The molecule has 2 heterocycles. The van der Waals surface area contributed by atoms with E-state index in [-0.39, 0.29) is 24.0 Å². The summed E-state index contributed by atoms with van der Waals surface area (Å²) in [5, 5.41) is 22.0. The molecule has 0 spiro atoms. The van der Waals surface area contributed by atoms with Crippen LogP contribution in [0.3, 0.4) is 0 Å². The second-order valence-corrected chi connectivity index (χ2v) is 7.01. The molecule has 1 amide bonds. The monoisotopic (exact) mass is 382 g/mol. The predicted octanol–water partition coefficient (Wildman–Crippen LogP) is 2.37. The Morgan fingerprint density at radius 1 is 1.39 bits per heavy atom. The number of pyridine rings is 1. The van der Waals surface area contributed by atoms with Gasteiger partial charge in [-0.2, -0.15) is 10.4 Å². The number of nitrogens with zero attached hydrogens (tertiary/aromatic N) is 3. The first-order valence-corrected chi connectivity index (χ1v) is 9.69. The molecule has 1 aliphatic rings. The minimum Gasteiger partial charge on any atom is -0.376 e. The van der Waals surface area contributed by atoms with E-state index >= 15 is 0 Å². The first-order valence-electron chi connectivity index (χ1n) is 9.69. The molecule has 28 heavy (non-hydrogen) atoms. The van der Waals surface area contributed by atoms with Crippen molar-refractivity contribution >= 4 is 11.7 Å². The highest BCUT2D eigenvalue weighted by molar-refractivity contribution is 5.78. The highest BCUT2D eigenvalue weighted by Gasteiger charge is 2.34. The molecule has 2 aromatic rings. The number of rotatable bonds is 8. The van der Waals surface area contributed by atoms with Crippen LogP contribution in [0.2, 0.25) is 0 Å². The van der Waals surface area contributed by atoms with Crippen molar-refractivity contribution in [3.05, 3.63) is 41.9 Å². The Labute approximate surface area is 164 Å². The molecule has 8 nitrogen and oxygen atoms in total. The van der Waals surface area contributed by atoms with Crippen LogP contribution >= 0.6 is 0 Å². The zero-order chi connectivity index (χ0) is 19.8. The van der Waals surface area contributed by atoms with Crippen LogP contribution in [0, 0.1) is 17.2 Å². The summed E-state index contributed by atoms with van der Waals surface area (Å²) in [6.07, 6.45) is 6.48. The number of nitriles is 1. The average molecular weight is 382 g/mol. The molecule has 3 N–H and O–H groups in total. The van der Waals surface area contributed by atoms with Crippen LogP contribution in [0.5, 0.6) is 0 Å². The van der Waals surface area contributed by atoms with Crippen molar-refractivity contribution in [2.45, 2.75) is 51.3 Å². The zero-order valence-electron chi connectivity index (χ0n) is 16.0. The summed E-state index contributed by atoms with van der Waals surface area (Å²) in [6.45, 7) is 3.22. The van der Waals surface area contributed by atoms with E-state index in [1.165, 1.54) is 0 Å². The molecule has 0 unspecified atom stereocenters. The molecular formula is C20H26N6O2. The van der Waals surface area contributed by atoms with Gasteiger partial charge in [0.2, 0.25) is 5.91 Å². The lowest BCUT2D eigenvalue weighted by Crippen LogP contribution is -2.45. The summed E-state index contributed by atoms with van der Waals surface area (Å²) >= 11 is 0. The van der Waals surface area contributed by atoms with Gasteiger partial charge in [0.05, 0.1) is 29.9 Å². The lowest BCUT2D eigenvalue weighted by molar-refractivity contribution is -0.127. The van der Waals surface area contributed by atoms with E-state index in [0.717, 1.165) is 25.0 Å². The predicted molar refractivity (Wildman–Crippen MR) is 104 cm³/mol. The smallest absolute Gasteiger partial charge is 0.223 e. The summed E-state index contributed by atoms with van der Waals surface area (Å²) in [5.74, 6) is 0.649. The van der Waals surface area contributed by atoms with Crippen LogP contribution in [0.1, 0.15) is 43.9 Å². The Balaban J connectivity index is 1.62. The Bertz CT molecular complexity index is 784. The molecule has 2 aromatic heterocycles. The van der Waals surface area contributed by atoms with E-state index in [4.69, 9.17) is 10.00 Å². The molecule has 0 aromatic carbocycles. The summed E-state index contributed by atoms with van der Waals surface area (Å²) in [4.78, 5) is 16.9. The number of H-pyrrole nitrogens is 1. The maximum atomic E-state index is 12.6. The van der Waals surface area contributed by atoms with Crippen LogP contribution in [0.15, 0.2) is 30.6 Å². The van der Waals surface area contributed by atoms with E-state index in [1.54, 1.807) is 24.5 Å². The van der Waals surface area contributed by atoms with Gasteiger partial charge in [-0.05, 0) is 43.9 Å². The minimum absolute atomic E-state index is 0.0105. The molecule has 0 bridgehead atoms. The quantitative estimate of drug-likeness (QED) is 0.645. The van der Waals surface area contributed by atoms with Gasteiger partial charge in [0.25, 0.3) is 0 Å². The van der Waals surface area contributed by atoms with Gasteiger partial charge >= 0.3 is 0 Å². The molecule has 1 fully saturated rings. The molecular weight excluding hydrogens is 356 g/mol. The van der Waals surface area contributed by atoms with Crippen molar-refractivity contribution in [1.82, 2.24) is 20.5 Å². The maximum Gasteiger partial charge on any atom is 0.223 e. The van der Waals surface area contributed by atoms with Gasteiger partial charge < -0.3 is 15.4 Å². The fourth-order valence-corrected chi connectivity index (χ4v) is 3.45. The van der Waals surface area contributed by atoms with Crippen molar-refractivity contribution in [1.29, 1.82) is 5.26 Å². The van der Waals surface area contributed by atoms with Crippen LogP contribution in [0.25, 0.3) is 0 Å². The number of anilines is 1. The largest absolute Gasteiger partial charge is 0.376 e. The summed E-state index contributed by atoms with van der Waals surface area (Å²) in [7, 11) is 0. The second kappa shape index (κ2) is 9.85. The number of hydrogen-bond acceptors (Lipinski definition) is 6. The van der Waals surface area contributed by atoms with Crippen LogP contribution in [-0.4, -0.2) is 39.8 Å². The fourth-order valence-electron chi connectivity index (χ4n) is 3.45. The Morgan fingerprint density at radius 2 is 2.29 bits per heavy atom. The van der Waals surface area contributed by atoms with Crippen molar-refractivity contribution in [3.8, 4) is 6.07 Å². The average Bonchev–Trinajstić information content (AvgIpc) is 3.25. The fraction of sp³-hybridized carbons (Fsp3) is 0.500. The third-order valence-corrected chi connectivity index (χ3v) is 4.93. The van der Waals surface area contributed by atoms with Gasteiger partial charge in [-0.1, -0.05) is 6.92 Å². The zero-order valence-corrected chi connectivity index (χ0v) is 16.0. The first-order chi connectivity index (χ1) is 13.7. The third kappa shape index (κ3) is 5.30. The van der Waals surface area contributed by atoms with E-state index < -0.39 is 0 Å². The van der Waals surface area contributed by atoms with Gasteiger partial charge in [-0.3, -0.25) is 9.89 Å². The molecule has 1 saturated carbocycles. The van der Waals surface area contributed by atoms with Gasteiger partial charge in [0.1, 0.15) is 11.9 Å². The second-order valence-electron chi connectivity index (χ2n) is 7.01. The van der Waals surface area contributed by atoms with Gasteiger partial charge in [-0.25, -0.2) is 4.98 Å². The number of aromatic amines is 1. The topological polar surface area (TPSA) is 116 Å². The van der Waals surface area contributed by atoms with Gasteiger partial charge in [-0.15, -0.1) is 0 Å². The van der Waals surface area contributed by atoms with Gasteiger partial charge in [0.15, 0.2) is 0 Å². The molecule has 3 atom stereocenters. The van der Waals surface area contributed by atoms with E-state index in [0.29, 0.717) is 31.0 Å². The van der Waals surface area contributed by atoms with Crippen LogP contribution in [-0.2, 0) is 16.1 Å². The Morgan fingerprint density at radius 3 is 2.96 bits per heavy atom. The number of carbonyl (C=O) groups excluding carboxylic acids is 1. The standard InChI is InChI=1S/C20H26N6O2/c1-2-9-28-18-5-4-15(20(27)23-13-16-7-8-24-26-16)10-17(18)25-19-6-3-14(11-21)12-22-19/h3,6-8,12,15,17-18H,2,4-5,9-10,13H2,1H3,(H,22,25)(H,23,27)(H,24,26)/t15-,17+,18+/m0/s1. The highest BCUT2D eigenvalue weighted by atomic mass is 16.5. The van der Waals surface area contributed by atoms with Crippen molar-refractivity contribution in [2.75, 3.05) is 11.9 Å². The Kier molecular flexibility index (Phi) is 6.98. The number of nitrogens with one attached hydrogen (secondary N) is 3. The summed E-state index contributed by atoms with van der Waals surface area (Å²) < 4.78 is 6.02. The van der Waals surface area contributed by atoms with Crippen molar-refractivity contribution in [3.63, 3.8) is 0 Å². The number of amides is 1. The first kappa shape index (κ1) is 19.8. The minimum atomic E-state index is -0.0831. The van der Waals surface area contributed by atoms with Crippen molar-refractivity contribution in [2.24, 2.45) is 5.92 Å². The van der Waals surface area contributed by atoms with E-state index in [1.807, 2.05) is 6.07 Å².